The molecule has 3 nitrogen and oxygen atoms in total. The summed E-state index contributed by atoms with van der Waals surface area (Å²) in [5.74, 6) is 0.424. The minimum Gasteiger partial charge on any atom is -0.497 e. The molecule has 0 saturated carbocycles. The molecular formula is C20H22O3. The lowest BCUT2D eigenvalue weighted by Gasteiger charge is -2.18. The lowest BCUT2D eigenvalue weighted by molar-refractivity contribution is 0.0665. The van der Waals surface area contributed by atoms with Gasteiger partial charge >= 0.3 is 5.97 Å². The van der Waals surface area contributed by atoms with Crippen LogP contribution in [0.3, 0.4) is 0 Å². The lowest BCUT2D eigenvalue weighted by atomic mass is 9.87. The predicted octanol–water partition coefficient (Wildman–Crippen LogP) is 4.82. The number of hydrogen-bond acceptors (Lipinski definition) is 3. The van der Waals surface area contributed by atoms with E-state index in [2.05, 4.69) is 20.8 Å². The van der Waals surface area contributed by atoms with Crippen LogP contribution in [0.25, 0.3) is 6.08 Å². The van der Waals surface area contributed by atoms with E-state index in [4.69, 9.17) is 9.47 Å². The van der Waals surface area contributed by atoms with E-state index in [1.54, 1.807) is 25.3 Å². The Morgan fingerprint density at radius 1 is 0.957 bits per heavy atom. The second kappa shape index (κ2) is 7.14. The SMILES string of the molecule is COc1ccc(C=COC(=O)c2ccc(C(C)(C)C)cc2)cc1. The van der Waals surface area contributed by atoms with Crippen molar-refractivity contribution >= 4 is 12.0 Å². The van der Waals surface area contributed by atoms with Crippen molar-refractivity contribution in [3.63, 3.8) is 0 Å². The summed E-state index contributed by atoms with van der Waals surface area (Å²) in [7, 11) is 1.62. The molecule has 0 bridgehead atoms. The largest absolute Gasteiger partial charge is 0.497 e. The molecule has 0 aliphatic carbocycles. The van der Waals surface area contributed by atoms with Crippen molar-refractivity contribution in [1.29, 1.82) is 0 Å². The maximum atomic E-state index is 12.0. The predicted molar refractivity (Wildman–Crippen MR) is 92.6 cm³/mol. The maximum absolute atomic E-state index is 12.0. The first-order valence-electron chi connectivity index (χ1n) is 7.52. The van der Waals surface area contributed by atoms with Gasteiger partial charge in [-0.2, -0.15) is 0 Å². The number of rotatable bonds is 4. The number of hydrogen-bond donors (Lipinski definition) is 0. The summed E-state index contributed by atoms with van der Waals surface area (Å²) in [6.07, 6.45) is 3.14. The fraction of sp³-hybridized carbons (Fsp3) is 0.250. The van der Waals surface area contributed by atoms with E-state index >= 15 is 0 Å². The molecule has 2 aromatic rings. The third kappa shape index (κ3) is 4.71. The quantitative estimate of drug-likeness (QED) is 0.600. The van der Waals surface area contributed by atoms with Crippen LogP contribution in [0.4, 0.5) is 0 Å². The summed E-state index contributed by atoms with van der Waals surface area (Å²) in [4.78, 5) is 12.0. The number of carbonyl (C=O) groups excluding carboxylic acids is 1. The molecule has 0 aromatic heterocycles. The molecule has 0 radical (unpaired) electrons. The summed E-state index contributed by atoms with van der Waals surface area (Å²) in [6, 6.07) is 15.0. The van der Waals surface area contributed by atoms with Crippen LogP contribution in [0.2, 0.25) is 0 Å². The van der Waals surface area contributed by atoms with Gasteiger partial charge in [0, 0.05) is 0 Å². The van der Waals surface area contributed by atoms with Crippen LogP contribution < -0.4 is 4.74 Å². The standard InChI is InChI=1S/C20H22O3/c1-20(2,3)17-9-7-16(8-10-17)19(21)23-14-13-15-5-11-18(22-4)12-6-15/h5-14H,1-4H3. The van der Waals surface area contributed by atoms with Gasteiger partial charge in [-0.25, -0.2) is 4.79 Å². The molecule has 0 N–H and O–H groups in total. The Morgan fingerprint density at radius 3 is 2.09 bits per heavy atom. The van der Waals surface area contributed by atoms with Gasteiger partial charge in [-0.1, -0.05) is 45.0 Å². The molecule has 23 heavy (non-hydrogen) atoms. The third-order valence-electron chi connectivity index (χ3n) is 3.54. The van der Waals surface area contributed by atoms with Gasteiger partial charge in [0.1, 0.15) is 5.75 Å². The van der Waals surface area contributed by atoms with E-state index in [0.29, 0.717) is 5.56 Å². The van der Waals surface area contributed by atoms with Crippen molar-refractivity contribution in [3.8, 4) is 5.75 Å². The summed E-state index contributed by atoms with van der Waals surface area (Å²) in [6.45, 7) is 6.41. The monoisotopic (exact) mass is 310 g/mol. The molecule has 0 amide bonds. The molecule has 3 heteroatoms. The topological polar surface area (TPSA) is 35.5 Å². The molecule has 2 rings (SSSR count). The van der Waals surface area contributed by atoms with Gasteiger partial charge in [-0.15, -0.1) is 0 Å². The number of carbonyl (C=O) groups is 1. The van der Waals surface area contributed by atoms with E-state index in [-0.39, 0.29) is 11.4 Å². The van der Waals surface area contributed by atoms with E-state index in [9.17, 15) is 4.79 Å². The van der Waals surface area contributed by atoms with Crippen molar-refractivity contribution in [2.45, 2.75) is 26.2 Å². The second-order valence-electron chi connectivity index (χ2n) is 6.31. The molecular weight excluding hydrogens is 288 g/mol. The van der Waals surface area contributed by atoms with E-state index < -0.39 is 0 Å². The van der Waals surface area contributed by atoms with E-state index in [1.807, 2.05) is 36.4 Å². The molecule has 120 valence electrons. The van der Waals surface area contributed by atoms with E-state index in [0.717, 1.165) is 11.3 Å². The van der Waals surface area contributed by atoms with Crippen molar-refractivity contribution < 1.29 is 14.3 Å². The maximum Gasteiger partial charge on any atom is 0.342 e. The van der Waals surface area contributed by atoms with Crippen LogP contribution >= 0.6 is 0 Å². The summed E-state index contributed by atoms with van der Waals surface area (Å²) < 4.78 is 10.3. The first kappa shape index (κ1) is 16.8. The Morgan fingerprint density at radius 2 is 1.57 bits per heavy atom. The molecule has 0 heterocycles. The van der Waals surface area contributed by atoms with Gasteiger partial charge < -0.3 is 9.47 Å². The molecule has 0 aliphatic rings. The Kier molecular flexibility index (Phi) is 5.22. The highest BCUT2D eigenvalue weighted by Crippen LogP contribution is 2.22. The Labute approximate surface area is 137 Å². The van der Waals surface area contributed by atoms with Crippen LogP contribution in [-0.4, -0.2) is 13.1 Å². The van der Waals surface area contributed by atoms with Gasteiger partial charge in [0.25, 0.3) is 0 Å². The molecule has 0 aliphatic heterocycles. The average molecular weight is 310 g/mol. The average Bonchev–Trinajstić information content (AvgIpc) is 2.54. The zero-order valence-corrected chi connectivity index (χ0v) is 14.0. The smallest absolute Gasteiger partial charge is 0.342 e. The zero-order chi connectivity index (χ0) is 16.9. The number of benzene rings is 2. The van der Waals surface area contributed by atoms with E-state index in [1.165, 1.54) is 11.8 Å². The Balaban J connectivity index is 1.97. The van der Waals surface area contributed by atoms with Gasteiger partial charge in [0.15, 0.2) is 0 Å². The second-order valence-corrected chi connectivity index (χ2v) is 6.31. The van der Waals surface area contributed by atoms with Gasteiger partial charge in [0.2, 0.25) is 0 Å². The Bertz CT molecular complexity index is 674. The Hall–Kier alpha value is -2.55. The fourth-order valence-corrected chi connectivity index (χ4v) is 2.06. The van der Waals surface area contributed by atoms with Crippen LogP contribution in [0.1, 0.15) is 42.3 Å². The first-order chi connectivity index (χ1) is 10.9. The van der Waals surface area contributed by atoms with Crippen LogP contribution in [0.5, 0.6) is 5.75 Å². The highest BCUT2D eigenvalue weighted by atomic mass is 16.5. The van der Waals surface area contributed by atoms with Gasteiger partial charge in [-0.3, -0.25) is 0 Å². The summed E-state index contributed by atoms with van der Waals surface area (Å²) in [5.41, 5.74) is 2.72. The number of esters is 1. The summed E-state index contributed by atoms with van der Waals surface area (Å²) in [5, 5.41) is 0. The minimum absolute atomic E-state index is 0.0662. The minimum atomic E-state index is -0.366. The highest BCUT2D eigenvalue weighted by Gasteiger charge is 2.14. The first-order valence-corrected chi connectivity index (χ1v) is 7.52. The van der Waals surface area contributed by atoms with Gasteiger partial charge in [0.05, 0.1) is 18.9 Å². The number of methoxy groups -OCH3 is 1. The van der Waals surface area contributed by atoms with Crippen molar-refractivity contribution in [1.82, 2.24) is 0 Å². The van der Waals surface area contributed by atoms with Crippen LogP contribution in [-0.2, 0) is 10.2 Å². The van der Waals surface area contributed by atoms with Crippen molar-refractivity contribution in [2.24, 2.45) is 0 Å². The lowest BCUT2D eigenvalue weighted by Crippen LogP contribution is -2.11. The fourth-order valence-electron chi connectivity index (χ4n) is 2.06. The third-order valence-corrected chi connectivity index (χ3v) is 3.54. The highest BCUT2D eigenvalue weighted by molar-refractivity contribution is 5.90. The van der Waals surface area contributed by atoms with Gasteiger partial charge in [-0.05, 0) is 46.9 Å². The number of ether oxygens (including phenoxy) is 2. The van der Waals surface area contributed by atoms with Crippen LogP contribution in [0, 0.1) is 0 Å². The molecule has 0 unspecified atom stereocenters. The molecule has 0 fully saturated rings. The van der Waals surface area contributed by atoms with Crippen molar-refractivity contribution in [3.05, 3.63) is 71.5 Å². The normalized spacial score (nSPS) is 11.5. The molecule has 0 saturated heterocycles. The van der Waals surface area contributed by atoms with Crippen LogP contribution in [0.15, 0.2) is 54.8 Å². The zero-order valence-electron chi connectivity index (χ0n) is 14.0. The molecule has 0 atom stereocenters. The summed E-state index contributed by atoms with van der Waals surface area (Å²) >= 11 is 0. The van der Waals surface area contributed by atoms with Crippen molar-refractivity contribution in [2.75, 3.05) is 7.11 Å². The molecule has 0 spiro atoms. The molecule has 2 aromatic carbocycles.